The average molecular weight is 299 g/mol. The molecule has 2 N–H and O–H groups in total. The summed E-state index contributed by atoms with van der Waals surface area (Å²) in [4.78, 5) is 21.3. The molecule has 0 aliphatic heterocycles. The van der Waals surface area contributed by atoms with Crippen LogP contribution in [-0.2, 0) is 24.3 Å². The maximum atomic E-state index is 11.6. The molecule has 0 unspecified atom stereocenters. The highest BCUT2D eigenvalue weighted by atomic mass is 32.2. The Hall–Kier alpha value is -2.35. The first kappa shape index (κ1) is 15.7. The molecular formula is C12H13NO6S. The van der Waals surface area contributed by atoms with Crippen LogP contribution >= 0.6 is 0 Å². The van der Waals surface area contributed by atoms with Gasteiger partial charge in [-0.1, -0.05) is 12.1 Å². The zero-order chi connectivity index (χ0) is 15.2. The lowest BCUT2D eigenvalue weighted by molar-refractivity contribution is -0.137. The SMILES string of the molecule is COC(=O)CS(=O)(=O)Nc1cccc(/C=C/C(=O)O)c1. The number of carboxylic acids is 1. The molecule has 0 aliphatic carbocycles. The zero-order valence-corrected chi connectivity index (χ0v) is 11.4. The molecule has 0 heterocycles. The maximum absolute atomic E-state index is 11.6. The Balaban J connectivity index is 2.85. The minimum Gasteiger partial charge on any atom is -0.478 e. The second kappa shape index (κ2) is 6.71. The molecule has 108 valence electrons. The third-order valence-corrected chi connectivity index (χ3v) is 3.28. The van der Waals surface area contributed by atoms with Crippen LogP contribution in [0.15, 0.2) is 30.3 Å². The lowest BCUT2D eigenvalue weighted by Crippen LogP contribution is -2.23. The van der Waals surface area contributed by atoms with Crippen LogP contribution < -0.4 is 4.72 Å². The summed E-state index contributed by atoms with van der Waals surface area (Å²) in [5, 5.41) is 8.51. The number of carbonyl (C=O) groups is 2. The fourth-order valence-corrected chi connectivity index (χ4v) is 2.29. The number of methoxy groups -OCH3 is 1. The molecule has 7 nitrogen and oxygen atoms in total. The standard InChI is InChI=1S/C12H13NO6S/c1-19-12(16)8-20(17,18)13-10-4-2-3-9(7-10)5-6-11(14)15/h2-7,13H,8H2,1H3,(H,14,15)/b6-5+. The van der Waals surface area contributed by atoms with E-state index in [4.69, 9.17) is 5.11 Å². The quantitative estimate of drug-likeness (QED) is 0.591. The van der Waals surface area contributed by atoms with E-state index in [1.807, 2.05) is 0 Å². The lowest BCUT2D eigenvalue weighted by atomic mass is 10.2. The Morgan fingerprint density at radius 2 is 2.10 bits per heavy atom. The van der Waals surface area contributed by atoms with Gasteiger partial charge in [0.25, 0.3) is 0 Å². The maximum Gasteiger partial charge on any atom is 0.328 e. The Kier molecular flexibility index (Phi) is 5.27. The van der Waals surface area contributed by atoms with E-state index in [0.717, 1.165) is 13.2 Å². The second-order valence-electron chi connectivity index (χ2n) is 3.73. The number of ether oxygens (including phenoxy) is 1. The molecule has 0 spiro atoms. The summed E-state index contributed by atoms with van der Waals surface area (Å²) in [6.07, 6.45) is 2.25. The summed E-state index contributed by atoms with van der Waals surface area (Å²) in [5.74, 6) is -2.78. The molecular weight excluding hydrogens is 286 g/mol. The van der Waals surface area contributed by atoms with Crippen LogP contribution in [0.25, 0.3) is 6.08 Å². The van der Waals surface area contributed by atoms with Crippen LogP contribution in [-0.4, -0.2) is 38.3 Å². The minimum absolute atomic E-state index is 0.224. The molecule has 1 aromatic carbocycles. The molecule has 1 rings (SSSR count). The van der Waals surface area contributed by atoms with Crippen LogP contribution in [0.2, 0.25) is 0 Å². The summed E-state index contributed by atoms with van der Waals surface area (Å²) in [5.41, 5.74) is 0.729. The van der Waals surface area contributed by atoms with Crippen LogP contribution in [0.1, 0.15) is 5.56 Å². The van der Waals surface area contributed by atoms with E-state index in [1.54, 1.807) is 12.1 Å². The molecule has 0 atom stereocenters. The number of hydrogen-bond donors (Lipinski definition) is 2. The van der Waals surface area contributed by atoms with Crippen molar-refractivity contribution in [3.63, 3.8) is 0 Å². The molecule has 0 aliphatic rings. The van der Waals surface area contributed by atoms with E-state index in [2.05, 4.69) is 9.46 Å². The van der Waals surface area contributed by atoms with Crippen molar-refractivity contribution in [3.05, 3.63) is 35.9 Å². The number of carboxylic acid groups (broad SMARTS) is 1. The molecule has 0 bridgehead atoms. The number of esters is 1. The highest BCUT2D eigenvalue weighted by Gasteiger charge is 2.16. The van der Waals surface area contributed by atoms with Crippen molar-refractivity contribution >= 4 is 33.7 Å². The van der Waals surface area contributed by atoms with Gasteiger partial charge in [-0.25, -0.2) is 13.2 Å². The van der Waals surface area contributed by atoms with E-state index in [0.29, 0.717) is 5.56 Å². The number of hydrogen-bond acceptors (Lipinski definition) is 5. The van der Waals surface area contributed by atoms with Crippen molar-refractivity contribution in [3.8, 4) is 0 Å². The van der Waals surface area contributed by atoms with Gasteiger partial charge in [0.15, 0.2) is 5.75 Å². The van der Waals surface area contributed by atoms with E-state index in [-0.39, 0.29) is 5.69 Å². The Labute approximate surface area is 115 Å². The van der Waals surface area contributed by atoms with Gasteiger partial charge in [0.05, 0.1) is 7.11 Å². The predicted octanol–water partition coefficient (Wildman–Crippen LogP) is 0.699. The van der Waals surface area contributed by atoms with E-state index >= 15 is 0 Å². The number of aliphatic carboxylic acids is 1. The average Bonchev–Trinajstić information content (AvgIpc) is 2.35. The van der Waals surface area contributed by atoms with Crippen LogP contribution in [0.3, 0.4) is 0 Å². The first-order chi connectivity index (χ1) is 9.32. The van der Waals surface area contributed by atoms with Crippen molar-refractivity contribution in [2.45, 2.75) is 0 Å². The van der Waals surface area contributed by atoms with Gasteiger partial charge in [0, 0.05) is 11.8 Å². The number of benzene rings is 1. The van der Waals surface area contributed by atoms with Gasteiger partial charge in [0.1, 0.15) is 0 Å². The van der Waals surface area contributed by atoms with Crippen molar-refractivity contribution in [1.82, 2.24) is 0 Å². The van der Waals surface area contributed by atoms with Crippen molar-refractivity contribution in [2.75, 3.05) is 17.6 Å². The zero-order valence-electron chi connectivity index (χ0n) is 10.6. The Morgan fingerprint density at radius 3 is 2.70 bits per heavy atom. The predicted molar refractivity (Wildman–Crippen MR) is 72.5 cm³/mol. The summed E-state index contributed by atoms with van der Waals surface area (Å²) in [6, 6.07) is 6.08. The fraction of sp³-hybridized carbons (Fsp3) is 0.167. The summed E-state index contributed by atoms with van der Waals surface area (Å²) in [6.45, 7) is 0. The molecule has 0 saturated carbocycles. The topological polar surface area (TPSA) is 110 Å². The van der Waals surface area contributed by atoms with E-state index in [1.165, 1.54) is 18.2 Å². The van der Waals surface area contributed by atoms with Gasteiger partial charge < -0.3 is 9.84 Å². The van der Waals surface area contributed by atoms with E-state index < -0.39 is 27.7 Å². The normalized spacial score (nSPS) is 11.2. The van der Waals surface area contributed by atoms with Gasteiger partial charge in [0.2, 0.25) is 10.0 Å². The first-order valence-electron chi connectivity index (χ1n) is 5.41. The molecule has 1 aromatic rings. The summed E-state index contributed by atoms with van der Waals surface area (Å²) < 4.78 is 29.7. The van der Waals surface area contributed by atoms with Gasteiger partial charge in [-0.05, 0) is 23.8 Å². The van der Waals surface area contributed by atoms with Crippen LogP contribution in [0.4, 0.5) is 5.69 Å². The molecule has 0 aromatic heterocycles. The molecule has 0 saturated heterocycles. The van der Waals surface area contributed by atoms with Crippen LogP contribution in [0, 0.1) is 0 Å². The summed E-state index contributed by atoms with van der Waals surface area (Å²) >= 11 is 0. The Morgan fingerprint density at radius 1 is 1.40 bits per heavy atom. The van der Waals surface area contributed by atoms with Crippen molar-refractivity contribution in [2.24, 2.45) is 0 Å². The van der Waals surface area contributed by atoms with Crippen LogP contribution in [0.5, 0.6) is 0 Å². The largest absolute Gasteiger partial charge is 0.478 e. The van der Waals surface area contributed by atoms with E-state index in [9.17, 15) is 18.0 Å². The third kappa shape index (κ3) is 5.53. The molecule has 0 radical (unpaired) electrons. The van der Waals surface area contributed by atoms with Gasteiger partial charge >= 0.3 is 11.9 Å². The van der Waals surface area contributed by atoms with Gasteiger partial charge in [-0.2, -0.15) is 0 Å². The fourth-order valence-electron chi connectivity index (χ4n) is 1.30. The lowest BCUT2D eigenvalue weighted by Gasteiger charge is -2.07. The van der Waals surface area contributed by atoms with Gasteiger partial charge in [-0.3, -0.25) is 9.52 Å². The van der Waals surface area contributed by atoms with Gasteiger partial charge in [-0.15, -0.1) is 0 Å². The van der Waals surface area contributed by atoms with Crippen molar-refractivity contribution < 1.29 is 27.9 Å². The number of rotatable bonds is 6. The highest BCUT2D eigenvalue weighted by molar-refractivity contribution is 7.93. The molecule has 20 heavy (non-hydrogen) atoms. The van der Waals surface area contributed by atoms with Crippen molar-refractivity contribution in [1.29, 1.82) is 0 Å². The highest BCUT2D eigenvalue weighted by Crippen LogP contribution is 2.13. The number of carbonyl (C=O) groups excluding carboxylic acids is 1. The molecule has 0 amide bonds. The number of nitrogens with one attached hydrogen (secondary N) is 1. The summed E-state index contributed by atoms with van der Waals surface area (Å²) in [7, 11) is -2.77. The molecule has 8 heteroatoms. The monoisotopic (exact) mass is 299 g/mol. The number of anilines is 1. The Bertz CT molecular complexity index is 635. The minimum atomic E-state index is -3.86. The number of sulfonamides is 1. The second-order valence-corrected chi connectivity index (χ2v) is 5.46. The first-order valence-corrected chi connectivity index (χ1v) is 7.06. The molecule has 0 fully saturated rings. The third-order valence-electron chi connectivity index (χ3n) is 2.11. The smallest absolute Gasteiger partial charge is 0.328 e.